The lowest BCUT2D eigenvalue weighted by Gasteiger charge is -2.32. The summed E-state index contributed by atoms with van der Waals surface area (Å²) in [6.45, 7) is 6.60. The number of aromatic nitrogens is 2. The Balaban J connectivity index is 1.91. The van der Waals surface area contributed by atoms with Gasteiger partial charge in [-0.1, -0.05) is 0 Å². The lowest BCUT2D eigenvalue weighted by atomic mass is 10.0. The first kappa shape index (κ1) is 15.6. The number of fused-ring (bicyclic) bond motifs is 1. The maximum absolute atomic E-state index is 13.0. The molecular weight excluding hydrogens is 290 g/mol. The van der Waals surface area contributed by atoms with E-state index in [2.05, 4.69) is 5.10 Å². The highest BCUT2D eigenvalue weighted by Gasteiger charge is 2.28. The van der Waals surface area contributed by atoms with E-state index in [-0.39, 0.29) is 11.9 Å². The second-order valence-electron chi connectivity index (χ2n) is 6.14. The Kier molecular flexibility index (Phi) is 4.11. The molecule has 1 aromatic heterocycles. The van der Waals surface area contributed by atoms with E-state index < -0.39 is 0 Å². The Morgan fingerprint density at radius 3 is 2.74 bits per heavy atom. The van der Waals surface area contributed by atoms with Crippen molar-refractivity contribution < 1.29 is 9.53 Å². The van der Waals surface area contributed by atoms with Crippen LogP contribution in [-0.4, -0.2) is 29.3 Å². The Bertz CT molecular complexity index is 736. The summed E-state index contributed by atoms with van der Waals surface area (Å²) in [6.07, 6.45) is 1.94. The van der Waals surface area contributed by atoms with Gasteiger partial charge in [0.2, 0.25) is 0 Å². The number of amides is 1. The number of carbonyl (C=O) groups is 1. The molecule has 1 amide bonds. The van der Waals surface area contributed by atoms with Gasteiger partial charge in [-0.05, 0) is 63.4 Å². The molecule has 0 spiro atoms. The molecule has 5 nitrogen and oxygen atoms in total. The summed E-state index contributed by atoms with van der Waals surface area (Å²) in [7, 11) is 1.67. The van der Waals surface area contributed by atoms with Crippen molar-refractivity contribution in [2.45, 2.75) is 39.7 Å². The fourth-order valence-electron chi connectivity index (χ4n) is 3.30. The largest absolute Gasteiger partial charge is 0.497 e. The normalized spacial score (nSPS) is 15.2. The van der Waals surface area contributed by atoms with Crippen molar-refractivity contribution in [3.05, 3.63) is 41.2 Å². The molecule has 0 radical (unpaired) electrons. The molecule has 2 heterocycles. The third-order valence-electron chi connectivity index (χ3n) is 4.44. The van der Waals surface area contributed by atoms with Gasteiger partial charge in [-0.15, -0.1) is 0 Å². The Labute approximate surface area is 136 Å². The van der Waals surface area contributed by atoms with Crippen LogP contribution >= 0.6 is 0 Å². The van der Waals surface area contributed by atoms with E-state index in [0.29, 0.717) is 0 Å². The van der Waals surface area contributed by atoms with Crippen LogP contribution in [0.25, 0.3) is 0 Å². The molecule has 1 aromatic carbocycles. The van der Waals surface area contributed by atoms with E-state index in [1.807, 2.05) is 54.6 Å². The summed E-state index contributed by atoms with van der Waals surface area (Å²) < 4.78 is 7.11. The molecule has 0 saturated heterocycles. The fraction of sp³-hybridized carbons (Fsp3) is 0.444. The van der Waals surface area contributed by atoms with Crippen LogP contribution in [0.2, 0.25) is 0 Å². The fourth-order valence-corrected chi connectivity index (χ4v) is 3.30. The minimum atomic E-state index is -0.309. The van der Waals surface area contributed by atoms with E-state index in [4.69, 9.17) is 4.74 Å². The Morgan fingerprint density at radius 2 is 2.09 bits per heavy atom. The van der Waals surface area contributed by atoms with E-state index in [9.17, 15) is 4.79 Å². The zero-order valence-electron chi connectivity index (χ0n) is 14.2. The van der Waals surface area contributed by atoms with Gasteiger partial charge in [0.05, 0.1) is 12.8 Å². The van der Waals surface area contributed by atoms with E-state index in [1.165, 1.54) is 5.56 Å². The molecule has 23 heavy (non-hydrogen) atoms. The number of carbonyl (C=O) groups excluding carboxylic acids is 1. The number of aryl methyl sites for hydroxylation is 3. The summed E-state index contributed by atoms with van der Waals surface area (Å²) in [5.74, 6) is 0.923. The lowest BCUT2D eigenvalue weighted by Crippen LogP contribution is -2.40. The number of methoxy groups -OCH3 is 1. The predicted molar refractivity (Wildman–Crippen MR) is 90.1 cm³/mol. The molecular formula is C18H23N3O2. The second kappa shape index (κ2) is 6.07. The van der Waals surface area contributed by atoms with Crippen LogP contribution in [0.15, 0.2) is 24.3 Å². The molecule has 0 bridgehead atoms. The molecule has 0 fully saturated rings. The highest BCUT2D eigenvalue weighted by Crippen LogP contribution is 2.32. The molecule has 0 aliphatic carbocycles. The smallest absolute Gasteiger partial charge is 0.251 e. The molecule has 5 heteroatoms. The van der Waals surface area contributed by atoms with Gasteiger partial charge >= 0.3 is 0 Å². The van der Waals surface area contributed by atoms with Gasteiger partial charge in [-0.2, -0.15) is 5.10 Å². The van der Waals surface area contributed by atoms with Crippen LogP contribution in [0.3, 0.4) is 0 Å². The van der Waals surface area contributed by atoms with Crippen molar-refractivity contribution in [2.24, 2.45) is 0 Å². The van der Waals surface area contributed by atoms with E-state index in [0.717, 1.165) is 42.2 Å². The average Bonchev–Trinajstić information content (AvgIpc) is 2.90. The maximum Gasteiger partial charge on any atom is 0.251 e. The summed E-state index contributed by atoms with van der Waals surface area (Å²) in [5, 5.41) is 4.46. The average molecular weight is 313 g/mol. The second-order valence-corrected chi connectivity index (χ2v) is 6.14. The van der Waals surface area contributed by atoms with Crippen molar-refractivity contribution in [1.29, 1.82) is 0 Å². The molecule has 1 atom stereocenters. The van der Waals surface area contributed by atoms with E-state index in [1.54, 1.807) is 7.11 Å². The molecule has 122 valence electrons. The number of benzene rings is 1. The summed E-state index contributed by atoms with van der Waals surface area (Å²) in [6, 6.07) is 7.62. The van der Waals surface area contributed by atoms with Gasteiger partial charge in [0.15, 0.2) is 0 Å². The van der Waals surface area contributed by atoms with Gasteiger partial charge in [-0.25, -0.2) is 0 Å². The number of hydrogen-bond acceptors (Lipinski definition) is 3. The van der Waals surface area contributed by atoms with Crippen LogP contribution in [0.4, 0.5) is 5.69 Å². The van der Waals surface area contributed by atoms with Gasteiger partial charge in [0.1, 0.15) is 11.8 Å². The third-order valence-corrected chi connectivity index (χ3v) is 4.44. The monoisotopic (exact) mass is 313 g/mol. The van der Waals surface area contributed by atoms with Crippen LogP contribution < -0.4 is 9.64 Å². The summed E-state index contributed by atoms with van der Waals surface area (Å²) >= 11 is 0. The highest BCUT2D eigenvalue weighted by molar-refractivity contribution is 5.97. The number of ether oxygens (including phenoxy) is 1. The standard InChI is InChI=1S/C18H23N3O2/c1-12-10-13(2)21(19-12)14(3)18(22)20-9-5-6-15-11-16(23-4)7-8-17(15)20/h7-8,10-11,14H,5-6,9H2,1-4H3/t14-/m0/s1. The number of nitrogens with zero attached hydrogens (tertiary/aromatic N) is 3. The Morgan fingerprint density at radius 1 is 1.30 bits per heavy atom. The van der Waals surface area contributed by atoms with Crippen LogP contribution in [0.5, 0.6) is 5.75 Å². The highest BCUT2D eigenvalue weighted by atomic mass is 16.5. The first-order chi connectivity index (χ1) is 11.0. The number of rotatable bonds is 3. The first-order valence-corrected chi connectivity index (χ1v) is 8.02. The summed E-state index contributed by atoms with van der Waals surface area (Å²) in [4.78, 5) is 14.9. The van der Waals surface area contributed by atoms with Crippen molar-refractivity contribution in [3.63, 3.8) is 0 Å². The zero-order chi connectivity index (χ0) is 16.6. The molecule has 0 N–H and O–H groups in total. The lowest BCUT2D eigenvalue weighted by molar-refractivity contribution is -0.121. The molecule has 0 saturated carbocycles. The van der Waals surface area contributed by atoms with Crippen LogP contribution in [-0.2, 0) is 11.2 Å². The molecule has 2 aromatic rings. The van der Waals surface area contributed by atoms with Crippen LogP contribution in [0.1, 0.15) is 36.3 Å². The first-order valence-electron chi connectivity index (χ1n) is 8.02. The quantitative estimate of drug-likeness (QED) is 0.875. The molecule has 0 unspecified atom stereocenters. The summed E-state index contributed by atoms with van der Waals surface area (Å²) in [5.41, 5.74) is 4.11. The Hall–Kier alpha value is -2.30. The van der Waals surface area contributed by atoms with Gasteiger partial charge in [0, 0.05) is 17.9 Å². The van der Waals surface area contributed by atoms with Crippen LogP contribution in [0, 0.1) is 13.8 Å². The van der Waals surface area contributed by atoms with Gasteiger partial charge in [0.25, 0.3) is 5.91 Å². The minimum absolute atomic E-state index is 0.0855. The molecule has 3 rings (SSSR count). The minimum Gasteiger partial charge on any atom is -0.497 e. The SMILES string of the molecule is COc1ccc2c(c1)CCCN2C(=O)[C@H](C)n1nc(C)cc1C. The van der Waals surface area contributed by atoms with Crippen molar-refractivity contribution in [1.82, 2.24) is 9.78 Å². The topological polar surface area (TPSA) is 47.4 Å². The number of hydrogen-bond donors (Lipinski definition) is 0. The van der Waals surface area contributed by atoms with Gasteiger partial charge < -0.3 is 9.64 Å². The maximum atomic E-state index is 13.0. The number of anilines is 1. The predicted octanol–water partition coefficient (Wildman–Crippen LogP) is 3.05. The van der Waals surface area contributed by atoms with Crippen molar-refractivity contribution in [3.8, 4) is 5.75 Å². The zero-order valence-corrected chi connectivity index (χ0v) is 14.2. The third kappa shape index (κ3) is 2.83. The van der Waals surface area contributed by atoms with Crippen molar-refractivity contribution in [2.75, 3.05) is 18.6 Å². The molecule has 1 aliphatic heterocycles. The van der Waals surface area contributed by atoms with Gasteiger partial charge in [-0.3, -0.25) is 9.48 Å². The van der Waals surface area contributed by atoms with E-state index >= 15 is 0 Å². The molecule has 1 aliphatic rings. The van der Waals surface area contributed by atoms with Crippen molar-refractivity contribution >= 4 is 11.6 Å².